The van der Waals surface area contributed by atoms with Crippen LogP contribution in [0, 0.1) is 5.92 Å². The van der Waals surface area contributed by atoms with E-state index < -0.39 is 0 Å². The number of hydrogen-bond donors (Lipinski definition) is 1. The highest BCUT2D eigenvalue weighted by molar-refractivity contribution is 5.80. The first-order valence-electron chi connectivity index (χ1n) is 8.03. The third-order valence-electron chi connectivity index (χ3n) is 4.48. The summed E-state index contributed by atoms with van der Waals surface area (Å²) in [7, 11) is 0. The molecule has 1 aliphatic carbocycles. The maximum absolute atomic E-state index is 3.50. The Kier molecular flexibility index (Phi) is 4.11. The lowest BCUT2D eigenvalue weighted by molar-refractivity contribution is 0.466. The molecule has 0 aliphatic heterocycles. The van der Waals surface area contributed by atoms with Gasteiger partial charge in [-0.25, -0.2) is 0 Å². The molecule has 1 aromatic heterocycles. The van der Waals surface area contributed by atoms with Crippen LogP contribution in [0.1, 0.15) is 45.1 Å². The zero-order chi connectivity index (χ0) is 13.9. The molecule has 1 saturated carbocycles. The summed E-state index contributed by atoms with van der Waals surface area (Å²) < 4.78 is 2.46. The van der Waals surface area contributed by atoms with Crippen molar-refractivity contribution in [2.45, 2.75) is 58.7 Å². The second kappa shape index (κ2) is 6.01. The van der Waals surface area contributed by atoms with Crippen LogP contribution in [-0.2, 0) is 13.1 Å². The average Bonchev–Trinajstić information content (AvgIpc) is 3.07. The fourth-order valence-electron chi connectivity index (χ4n) is 3.29. The number of fused-ring (bicyclic) bond motifs is 1. The third kappa shape index (κ3) is 3.06. The van der Waals surface area contributed by atoms with Crippen molar-refractivity contribution in [2.75, 3.05) is 0 Å². The fourth-order valence-corrected chi connectivity index (χ4v) is 3.29. The van der Waals surface area contributed by atoms with E-state index in [0.717, 1.165) is 12.5 Å². The van der Waals surface area contributed by atoms with Crippen molar-refractivity contribution in [3.05, 3.63) is 36.0 Å². The number of nitrogens with zero attached hydrogens (tertiary/aromatic N) is 1. The van der Waals surface area contributed by atoms with Gasteiger partial charge in [0, 0.05) is 30.8 Å². The predicted octanol–water partition coefficient (Wildman–Crippen LogP) is 4.33. The number of aromatic nitrogens is 1. The van der Waals surface area contributed by atoms with Crippen molar-refractivity contribution >= 4 is 10.9 Å². The lowest BCUT2D eigenvalue weighted by Gasteiger charge is -2.13. The summed E-state index contributed by atoms with van der Waals surface area (Å²) in [5, 5.41) is 4.87. The summed E-state index contributed by atoms with van der Waals surface area (Å²) in [6.45, 7) is 6.55. The molecular weight excluding hydrogens is 244 g/mol. The molecule has 20 heavy (non-hydrogen) atoms. The van der Waals surface area contributed by atoms with E-state index in [9.17, 15) is 0 Å². The second-order valence-corrected chi connectivity index (χ2v) is 6.55. The smallest absolute Gasteiger partial charge is 0.0483 e. The second-order valence-electron chi connectivity index (χ2n) is 6.55. The van der Waals surface area contributed by atoms with Gasteiger partial charge < -0.3 is 9.88 Å². The topological polar surface area (TPSA) is 17.0 Å². The molecule has 2 aromatic rings. The summed E-state index contributed by atoms with van der Waals surface area (Å²) >= 11 is 0. The molecule has 3 rings (SSSR count). The van der Waals surface area contributed by atoms with Crippen LogP contribution in [0.5, 0.6) is 0 Å². The summed E-state index contributed by atoms with van der Waals surface area (Å²) in [5.41, 5.74) is 2.79. The van der Waals surface area contributed by atoms with E-state index in [0.29, 0.717) is 6.04 Å². The van der Waals surface area contributed by atoms with Crippen LogP contribution >= 0.6 is 0 Å². The number of nitrogens with one attached hydrogen (secondary N) is 1. The van der Waals surface area contributed by atoms with Crippen molar-refractivity contribution in [1.29, 1.82) is 0 Å². The van der Waals surface area contributed by atoms with Gasteiger partial charge in [-0.2, -0.15) is 0 Å². The minimum Gasteiger partial charge on any atom is -0.347 e. The summed E-state index contributed by atoms with van der Waals surface area (Å²) in [6.07, 6.45) is 7.94. The first kappa shape index (κ1) is 13.7. The van der Waals surface area contributed by atoms with E-state index in [1.807, 2.05) is 0 Å². The summed E-state index contributed by atoms with van der Waals surface area (Å²) in [6, 6.07) is 9.66. The van der Waals surface area contributed by atoms with Crippen molar-refractivity contribution in [1.82, 2.24) is 9.88 Å². The lowest BCUT2D eigenvalue weighted by atomic mass is 10.1. The van der Waals surface area contributed by atoms with Crippen molar-refractivity contribution in [3.8, 4) is 0 Å². The minimum atomic E-state index is 0.538. The first-order valence-corrected chi connectivity index (χ1v) is 8.03. The van der Waals surface area contributed by atoms with Gasteiger partial charge in [0.05, 0.1) is 0 Å². The minimum absolute atomic E-state index is 0.538. The first-order chi connectivity index (χ1) is 9.72. The van der Waals surface area contributed by atoms with Crippen LogP contribution in [0.4, 0.5) is 0 Å². The molecule has 0 saturated heterocycles. The Morgan fingerprint density at radius 1 is 1.20 bits per heavy atom. The fraction of sp³-hybridized carbons (Fsp3) is 0.556. The molecule has 2 nitrogen and oxygen atoms in total. The standard InChI is InChI=1S/C18H26N2/c1-14(2)19-12-16-7-8-17-9-10-20(18(17)11-16)13-15-5-3-4-6-15/h7-11,14-15,19H,3-6,12-13H2,1-2H3. The predicted molar refractivity (Wildman–Crippen MR) is 85.9 cm³/mol. The average molecular weight is 270 g/mol. The van der Waals surface area contributed by atoms with E-state index in [2.05, 4.69) is 54.2 Å². The van der Waals surface area contributed by atoms with Crippen LogP contribution in [0.2, 0.25) is 0 Å². The summed E-state index contributed by atoms with van der Waals surface area (Å²) in [5.74, 6) is 0.892. The molecule has 1 fully saturated rings. The van der Waals surface area contributed by atoms with E-state index in [1.54, 1.807) is 0 Å². The van der Waals surface area contributed by atoms with E-state index in [1.165, 1.54) is 48.7 Å². The van der Waals surface area contributed by atoms with E-state index in [4.69, 9.17) is 0 Å². The maximum Gasteiger partial charge on any atom is 0.0483 e. The van der Waals surface area contributed by atoms with Crippen LogP contribution in [0.25, 0.3) is 10.9 Å². The molecule has 0 spiro atoms. The zero-order valence-electron chi connectivity index (χ0n) is 12.7. The van der Waals surface area contributed by atoms with Gasteiger partial charge >= 0.3 is 0 Å². The molecule has 108 valence electrons. The monoisotopic (exact) mass is 270 g/mol. The highest BCUT2D eigenvalue weighted by atomic mass is 15.0. The van der Waals surface area contributed by atoms with Gasteiger partial charge in [-0.3, -0.25) is 0 Å². The third-order valence-corrected chi connectivity index (χ3v) is 4.48. The Morgan fingerprint density at radius 3 is 2.75 bits per heavy atom. The van der Waals surface area contributed by atoms with Gasteiger partial charge in [0.2, 0.25) is 0 Å². The molecule has 0 bridgehead atoms. The highest BCUT2D eigenvalue weighted by Crippen LogP contribution is 2.28. The molecule has 1 N–H and O–H groups in total. The largest absolute Gasteiger partial charge is 0.347 e. The summed E-state index contributed by atoms with van der Waals surface area (Å²) in [4.78, 5) is 0. The lowest BCUT2D eigenvalue weighted by Crippen LogP contribution is -2.21. The molecule has 1 aliphatic rings. The van der Waals surface area contributed by atoms with Gasteiger partial charge in [-0.1, -0.05) is 38.8 Å². The molecule has 2 heteroatoms. The molecule has 0 atom stereocenters. The zero-order valence-corrected chi connectivity index (χ0v) is 12.7. The maximum atomic E-state index is 3.50. The Bertz CT molecular complexity index is 562. The molecule has 0 amide bonds. The van der Waals surface area contributed by atoms with Crippen molar-refractivity contribution in [3.63, 3.8) is 0 Å². The van der Waals surface area contributed by atoms with Crippen molar-refractivity contribution < 1.29 is 0 Å². The van der Waals surface area contributed by atoms with E-state index >= 15 is 0 Å². The Morgan fingerprint density at radius 2 is 2.00 bits per heavy atom. The quantitative estimate of drug-likeness (QED) is 0.855. The van der Waals surface area contributed by atoms with Gasteiger partial charge in [0.15, 0.2) is 0 Å². The van der Waals surface area contributed by atoms with Gasteiger partial charge in [0.25, 0.3) is 0 Å². The molecule has 0 unspecified atom stereocenters. The molecular formula is C18H26N2. The Hall–Kier alpha value is -1.28. The van der Waals surface area contributed by atoms with Gasteiger partial charge in [-0.05, 0) is 41.8 Å². The molecule has 0 radical (unpaired) electrons. The van der Waals surface area contributed by atoms with E-state index in [-0.39, 0.29) is 0 Å². The van der Waals surface area contributed by atoms with Crippen LogP contribution in [0.3, 0.4) is 0 Å². The van der Waals surface area contributed by atoms with Crippen molar-refractivity contribution in [2.24, 2.45) is 5.92 Å². The highest BCUT2D eigenvalue weighted by Gasteiger charge is 2.16. The SMILES string of the molecule is CC(C)NCc1ccc2ccn(CC3CCCC3)c2c1. The van der Waals surface area contributed by atoms with Gasteiger partial charge in [0.1, 0.15) is 0 Å². The number of rotatable bonds is 5. The number of hydrogen-bond acceptors (Lipinski definition) is 1. The van der Waals surface area contributed by atoms with Crippen LogP contribution < -0.4 is 5.32 Å². The van der Waals surface area contributed by atoms with Crippen LogP contribution in [0.15, 0.2) is 30.5 Å². The molecule has 1 heterocycles. The Balaban J connectivity index is 1.79. The Labute approximate surface area is 122 Å². The van der Waals surface area contributed by atoms with Crippen LogP contribution in [-0.4, -0.2) is 10.6 Å². The molecule has 1 aromatic carbocycles. The van der Waals surface area contributed by atoms with Gasteiger partial charge in [-0.15, -0.1) is 0 Å². The normalized spacial score (nSPS) is 16.6. The number of benzene rings is 1.